The lowest BCUT2D eigenvalue weighted by molar-refractivity contribution is 0.0994. The Hall–Kier alpha value is -1.32. The number of thioether (sulfide) groups is 1. The van der Waals surface area contributed by atoms with Crippen molar-refractivity contribution in [1.29, 1.82) is 0 Å². The topological polar surface area (TPSA) is 17.1 Å². The van der Waals surface area contributed by atoms with Gasteiger partial charge in [0, 0.05) is 15.5 Å². The molecule has 0 aliphatic heterocycles. The number of rotatable bonds is 4. The third-order valence-electron chi connectivity index (χ3n) is 2.61. The number of hydrogen-bond donors (Lipinski definition) is 0. The van der Waals surface area contributed by atoms with E-state index in [0.29, 0.717) is 10.6 Å². The maximum Gasteiger partial charge on any atom is 0.175 e. The van der Waals surface area contributed by atoms with Gasteiger partial charge in [-0.15, -0.1) is 11.8 Å². The number of ketones is 1. The van der Waals surface area contributed by atoms with Gasteiger partial charge in [0.1, 0.15) is 5.82 Å². The van der Waals surface area contributed by atoms with E-state index >= 15 is 0 Å². The zero-order valence-electron chi connectivity index (χ0n) is 10.3. The second-order valence-corrected chi connectivity index (χ2v) is 5.94. The molecule has 0 amide bonds. The number of Topliss-reactive ketones (excluding diaryl/α,β-unsaturated/α-hetero) is 1. The van der Waals surface area contributed by atoms with E-state index in [2.05, 4.69) is 0 Å². The summed E-state index contributed by atoms with van der Waals surface area (Å²) in [7, 11) is 0. The highest BCUT2D eigenvalue weighted by atomic mass is 35.5. The molecule has 1 atom stereocenters. The summed E-state index contributed by atoms with van der Waals surface area (Å²) in [5.41, 5.74) is 0.612. The Morgan fingerprint density at radius 2 is 1.89 bits per heavy atom. The first-order chi connectivity index (χ1) is 9.06. The summed E-state index contributed by atoms with van der Waals surface area (Å²) in [6.07, 6.45) is 0. The van der Waals surface area contributed by atoms with Crippen molar-refractivity contribution in [3.63, 3.8) is 0 Å². The van der Waals surface area contributed by atoms with E-state index < -0.39 is 0 Å². The smallest absolute Gasteiger partial charge is 0.175 e. The van der Waals surface area contributed by atoms with Gasteiger partial charge in [-0.05, 0) is 49.4 Å². The monoisotopic (exact) mass is 294 g/mol. The van der Waals surface area contributed by atoms with Crippen LogP contribution in [-0.2, 0) is 0 Å². The average Bonchev–Trinajstić information content (AvgIpc) is 2.39. The van der Waals surface area contributed by atoms with Gasteiger partial charge in [0.25, 0.3) is 0 Å². The fourth-order valence-electron chi connectivity index (χ4n) is 1.65. The van der Waals surface area contributed by atoms with Gasteiger partial charge >= 0.3 is 0 Å². The quantitative estimate of drug-likeness (QED) is 0.593. The summed E-state index contributed by atoms with van der Waals surface area (Å²) in [4.78, 5) is 12.9. The van der Waals surface area contributed by atoms with E-state index in [0.717, 1.165) is 4.90 Å². The van der Waals surface area contributed by atoms with Crippen LogP contribution >= 0.6 is 23.4 Å². The minimum Gasteiger partial charge on any atom is -0.293 e. The molecule has 0 heterocycles. The highest BCUT2D eigenvalue weighted by Crippen LogP contribution is 2.26. The highest BCUT2D eigenvalue weighted by molar-refractivity contribution is 8.00. The van der Waals surface area contributed by atoms with Crippen LogP contribution in [0.4, 0.5) is 4.39 Å². The molecular formula is C15H12ClFOS. The molecule has 2 aromatic rings. The lowest BCUT2D eigenvalue weighted by Crippen LogP contribution is -2.13. The van der Waals surface area contributed by atoms with E-state index in [-0.39, 0.29) is 16.9 Å². The molecule has 0 spiro atoms. The third kappa shape index (κ3) is 3.82. The molecule has 1 nitrogen and oxygen atoms in total. The minimum atomic E-state index is -0.295. The van der Waals surface area contributed by atoms with Crippen molar-refractivity contribution in [3.05, 3.63) is 64.9 Å². The summed E-state index contributed by atoms with van der Waals surface area (Å²) in [5.74, 6) is -0.290. The van der Waals surface area contributed by atoms with Gasteiger partial charge in [-0.1, -0.05) is 17.7 Å². The Morgan fingerprint density at radius 1 is 1.21 bits per heavy atom. The molecule has 0 bridgehead atoms. The predicted octanol–water partition coefficient (Wildman–Crippen LogP) is 4.84. The number of hydrogen-bond acceptors (Lipinski definition) is 2. The summed E-state index contributed by atoms with van der Waals surface area (Å²) in [6, 6.07) is 13.0. The zero-order chi connectivity index (χ0) is 13.8. The molecule has 0 aromatic heterocycles. The largest absolute Gasteiger partial charge is 0.293 e. The molecule has 2 aromatic carbocycles. The average molecular weight is 295 g/mol. The van der Waals surface area contributed by atoms with Crippen molar-refractivity contribution < 1.29 is 9.18 Å². The van der Waals surface area contributed by atoms with E-state index in [1.54, 1.807) is 36.4 Å². The Morgan fingerprint density at radius 3 is 2.53 bits per heavy atom. The molecule has 0 N–H and O–H groups in total. The van der Waals surface area contributed by atoms with Crippen LogP contribution in [0.5, 0.6) is 0 Å². The van der Waals surface area contributed by atoms with Crippen LogP contribution in [0.25, 0.3) is 0 Å². The van der Waals surface area contributed by atoms with E-state index in [1.165, 1.54) is 23.9 Å². The number of halogens is 2. The van der Waals surface area contributed by atoms with Crippen molar-refractivity contribution in [3.8, 4) is 0 Å². The second-order valence-electron chi connectivity index (χ2n) is 4.09. The van der Waals surface area contributed by atoms with Crippen molar-refractivity contribution in [2.45, 2.75) is 17.1 Å². The van der Waals surface area contributed by atoms with Gasteiger partial charge in [0.15, 0.2) is 5.78 Å². The van der Waals surface area contributed by atoms with Crippen LogP contribution in [0.1, 0.15) is 17.3 Å². The Bertz CT molecular complexity index is 583. The SMILES string of the molecule is CC(Sc1cccc(F)c1)C(=O)c1ccc(Cl)cc1. The van der Waals surface area contributed by atoms with Crippen molar-refractivity contribution in [1.82, 2.24) is 0 Å². The molecule has 19 heavy (non-hydrogen) atoms. The molecule has 0 aliphatic carbocycles. The molecule has 2 rings (SSSR count). The van der Waals surface area contributed by atoms with Crippen LogP contribution < -0.4 is 0 Å². The molecular weight excluding hydrogens is 283 g/mol. The number of carbonyl (C=O) groups is 1. The van der Waals surface area contributed by atoms with Crippen LogP contribution in [0.2, 0.25) is 5.02 Å². The normalized spacial score (nSPS) is 12.2. The maximum atomic E-state index is 13.1. The maximum absolute atomic E-state index is 13.1. The first-order valence-electron chi connectivity index (χ1n) is 5.78. The van der Waals surface area contributed by atoms with Crippen molar-refractivity contribution in [2.24, 2.45) is 0 Å². The first-order valence-corrected chi connectivity index (χ1v) is 7.04. The van der Waals surface area contributed by atoms with Gasteiger partial charge in [0.2, 0.25) is 0 Å². The molecule has 98 valence electrons. The Balaban J connectivity index is 2.09. The summed E-state index contributed by atoms with van der Waals surface area (Å²) < 4.78 is 13.1. The molecule has 0 fully saturated rings. The number of carbonyl (C=O) groups excluding carboxylic acids is 1. The molecule has 4 heteroatoms. The Labute approximate surface area is 120 Å². The molecule has 0 saturated heterocycles. The summed E-state index contributed by atoms with van der Waals surface area (Å²) in [5, 5.41) is 0.324. The van der Waals surface area contributed by atoms with E-state index in [1.807, 2.05) is 6.92 Å². The summed E-state index contributed by atoms with van der Waals surface area (Å²) >= 11 is 7.13. The van der Waals surface area contributed by atoms with Crippen LogP contribution in [0.3, 0.4) is 0 Å². The minimum absolute atomic E-state index is 0.00549. The zero-order valence-corrected chi connectivity index (χ0v) is 11.8. The van der Waals surface area contributed by atoms with Gasteiger partial charge in [-0.3, -0.25) is 4.79 Å². The van der Waals surface area contributed by atoms with Crippen LogP contribution in [-0.4, -0.2) is 11.0 Å². The summed E-state index contributed by atoms with van der Waals surface area (Å²) in [6.45, 7) is 1.81. The molecule has 0 saturated carbocycles. The predicted molar refractivity (Wildman–Crippen MR) is 77.5 cm³/mol. The third-order valence-corrected chi connectivity index (χ3v) is 3.95. The van der Waals surface area contributed by atoms with E-state index in [9.17, 15) is 9.18 Å². The van der Waals surface area contributed by atoms with Crippen LogP contribution in [0.15, 0.2) is 53.4 Å². The second kappa shape index (κ2) is 6.22. The van der Waals surface area contributed by atoms with Gasteiger partial charge in [0.05, 0.1) is 5.25 Å². The molecule has 0 aliphatic rings. The first kappa shape index (κ1) is 14.1. The van der Waals surface area contributed by atoms with Crippen LogP contribution in [0, 0.1) is 5.82 Å². The number of benzene rings is 2. The van der Waals surface area contributed by atoms with Gasteiger partial charge in [-0.25, -0.2) is 4.39 Å². The highest BCUT2D eigenvalue weighted by Gasteiger charge is 2.16. The van der Waals surface area contributed by atoms with E-state index in [4.69, 9.17) is 11.6 Å². The van der Waals surface area contributed by atoms with Crippen molar-refractivity contribution >= 4 is 29.1 Å². The standard InChI is InChI=1S/C15H12ClFOS/c1-10(19-14-4-2-3-13(17)9-14)15(18)11-5-7-12(16)8-6-11/h2-10H,1H3. The molecule has 0 radical (unpaired) electrons. The van der Waals surface area contributed by atoms with Gasteiger partial charge < -0.3 is 0 Å². The lowest BCUT2D eigenvalue weighted by atomic mass is 10.1. The molecule has 1 unspecified atom stereocenters. The fraction of sp³-hybridized carbons (Fsp3) is 0.133. The van der Waals surface area contributed by atoms with Gasteiger partial charge in [-0.2, -0.15) is 0 Å². The fourth-order valence-corrected chi connectivity index (χ4v) is 2.76. The lowest BCUT2D eigenvalue weighted by Gasteiger charge is -2.10. The van der Waals surface area contributed by atoms with Crippen molar-refractivity contribution in [2.75, 3.05) is 0 Å². The Kier molecular flexibility index (Phi) is 4.61.